The van der Waals surface area contributed by atoms with E-state index in [4.69, 9.17) is 5.11 Å². The monoisotopic (exact) mass is 367 g/mol. The van der Waals surface area contributed by atoms with Crippen LogP contribution in [0.5, 0.6) is 0 Å². The van der Waals surface area contributed by atoms with Crippen LogP contribution in [0.4, 0.5) is 5.69 Å². The lowest BCUT2D eigenvalue weighted by Crippen LogP contribution is -2.34. The summed E-state index contributed by atoms with van der Waals surface area (Å²) in [6.07, 6.45) is -1.22. The predicted octanol–water partition coefficient (Wildman–Crippen LogP) is 1.06. The van der Waals surface area contributed by atoms with Crippen molar-refractivity contribution >= 4 is 21.3 Å². The van der Waals surface area contributed by atoms with Gasteiger partial charge in [0.15, 0.2) is 4.91 Å². The number of hydrogen-bond acceptors (Lipinski definition) is 6. The number of hydrogen-bond donors (Lipinski definition) is 3. The summed E-state index contributed by atoms with van der Waals surface area (Å²) in [5.41, 5.74) is 1.97. The Balaban J connectivity index is 3.14. The maximum absolute atomic E-state index is 12.3. The summed E-state index contributed by atoms with van der Waals surface area (Å²) in [6.45, 7) is 6.45. The van der Waals surface area contributed by atoms with E-state index >= 15 is 0 Å². The molecule has 1 unspecified atom stereocenters. The number of allylic oxidation sites excluding steroid dienone is 2. The zero-order valence-corrected chi connectivity index (χ0v) is 15.5. The van der Waals surface area contributed by atoms with Crippen LogP contribution in [0.3, 0.4) is 0 Å². The Morgan fingerprint density at radius 3 is 2.28 bits per heavy atom. The van der Waals surface area contributed by atoms with Crippen LogP contribution in [0.1, 0.15) is 26.3 Å². The lowest BCUT2D eigenvalue weighted by Gasteiger charge is -2.21. The number of anilines is 1. The molecule has 8 heteroatoms. The van der Waals surface area contributed by atoms with Gasteiger partial charge in [-0.25, -0.2) is 13.1 Å². The molecule has 1 aromatic carbocycles. The van der Waals surface area contributed by atoms with Crippen molar-refractivity contribution in [3.05, 3.63) is 34.7 Å². The third-order valence-electron chi connectivity index (χ3n) is 3.86. The lowest BCUT2D eigenvalue weighted by molar-refractivity contribution is 0.0989. The fourth-order valence-corrected chi connectivity index (χ4v) is 3.53. The number of aliphatic hydroxyl groups excluding tert-OH is 2. The second-order valence-electron chi connectivity index (χ2n) is 5.47. The quantitative estimate of drug-likeness (QED) is 0.563. The van der Waals surface area contributed by atoms with Crippen LogP contribution in [-0.4, -0.2) is 51.0 Å². The first-order valence-corrected chi connectivity index (χ1v) is 9.53. The first-order chi connectivity index (χ1) is 11.8. The van der Waals surface area contributed by atoms with E-state index in [9.17, 15) is 18.8 Å². The largest absolute Gasteiger partial charge is 0.394 e. The second kappa shape index (κ2) is 9.53. The van der Waals surface area contributed by atoms with Crippen molar-refractivity contribution in [2.24, 2.45) is 0 Å². The predicted molar refractivity (Wildman–Crippen MR) is 98.2 cm³/mol. The SMILES string of the molecule is CCN(CC)c1ccc(C(C)=C(C#N)S(=O)(=O)NCC(O)CO)cc1. The highest BCUT2D eigenvalue weighted by molar-refractivity contribution is 7.93. The normalized spacial score (nSPS) is 13.8. The van der Waals surface area contributed by atoms with Gasteiger partial charge in [-0.05, 0) is 44.0 Å². The van der Waals surface area contributed by atoms with Gasteiger partial charge in [0.05, 0.1) is 12.7 Å². The van der Waals surface area contributed by atoms with Crippen LogP contribution in [-0.2, 0) is 10.0 Å². The van der Waals surface area contributed by atoms with Gasteiger partial charge in [0.2, 0.25) is 0 Å². The van der Waals surface area contributed by atoms with Crippen molar-refractivity contribution in [1.29, 1.82) is 5.26 Å². The van der Waals surface area contributed by atoms with Crippen molar-refractivity contribution in [1.82, 2.24) is 4.72 Å². The third kappa shape index (κ3) is 5.54. The highest BCUT2D eigenvalue weighted by atomic mass is 32.2. The Hall–Kier alpha value is -1.92. The van der Waals surface area contributed by atoms with E-state index in [1.165, 1.54) is 0 Å². The fourth-order valence-electron chi connectivity index (χ4n) is 2.33. The number of nitriles is 1. The smallest absolute Gasteiger partial charge is 0.251 e. The maximum Gasteiger partial charge on any atom is 0.251 e. The van der Waals surface area contributed by atoms with E-state index in [1.54, 1.807) is 25.1 Å². The van der Waals surface area contributed by atoms with Gasteiger partial charge in [-0.15, -0.1) is 0 Å². The van der Waals surface area contributed by atoms with Gasteiger partial charge in [-0.3, -0.25) is 0 Å². The van der Waals surface area contributed by atoms with Crippen LogP contribution in [0.15, 0.2) is 29.2 Å². The molecule has 0 aliphatic rings. The second-order valence-corrected chi connectivity index (χ2v) is 7.18. The lowest BCUT2D eigenvalue weighted by atomic mass is 10.1. The Morgan fingerprint density at radius 1 is 1.28 bits per heavy atom. The summed E-state index contributed by atoms with van der Waals surface area (Å²) < 4.78 is 26.7. The molecule has 0 aromatic heterocycles. The van der Waals surface area contributed by atoms with E-state index < -0.39 is 27.6 Å². The molecule has 0 radical (unpaired) electrons. The minimum Gasteiger partial charge on any atom is -0.394 e. The van der Waals surface area contributed by atoms with Crippen LogP contribution in [0.25, 0.3) is 5.57 Å². The van der Waals surface area contributed by atoms with Gasteiger partial charge in [0, 0.05) is 25.3 Å². The highest BCUT2D eigenvalue weighted by Crippen LogP contribution is 2.24. The summed E-state index contributed by atoms with van der Waals surface area (Å²) >= 11 is 0. The molecule has 3 N–H and O–H groups in total. The molecule has 7 nitrogen and oxygen atoms in total. The molecule has 0 saturated carbocycles. The maximum atomic E-state index is 12.3. The standard InChI is InChI=1S/C17H25N3O4S/c1-4-20(5-2)15-8-6-14(7-9-15)13(3)17(10-18)25(23,24)19-11-16(22)12-21/h6-9,16,19,21-22H,4-5,11-12H2,1-3H3. The van der Waals surface area contributed by atoms with Gasteiger partial charge in [-0.2, -0.15) is 5.26 Å². The number of sulfonamides is 1. The summed E-state index contributed by atoms with van der Waals surface area (Å²) in [5, 5.41) is 27.3. The van der Waals surface area contributed by atoms with E-state index in [0.717, 1.165) is 18.8 Å². The minimum atomic E-state index is -4.07. The highest BCUT2D eigenvalue weighted by Gasteiger charge is 2.22. The molecule has 1 aromatic rings. The van der Waals surface area contributed by atoms with Gasteiger partial charge in [-0.1, -0.05) is 12.1 Å². The Morgan fingerprint density at radius 2 is 1.84 bits per heavy atom. The molecule has 0 bridgehead atoms. The summed E-state index contributed by atoms with van der Waals surface area (Å²) in [6, 6.07) is 9.04. The molecule has 0 heterocycles. The zero-order chi connectivity index (χ0) is 19.0. The zero-order valence-electron chi connectivity index (χ0n) is 14.7. The van der Waals surface area contributed by atoms with Crippen LogP contribution < -0.4 is 9.62 Å². The van der Waals surface area contributed by atoms with Gasteiger partial charge in [0.1, 0.15) is 6.07 Å². The molecule has 0 saturated heterocycles. The van der Waals surface area contributed by atoms with E-state index in [1.807, 2.05) is 12.1 Å². The van der Waals surface area contributed by atoms with Gasteiger partial charge >= 0.3 is 0 Å². The molecule has 25 heavy (non-hydrogen) atoms. The van der Waals surface area contributed by atoms with Crippen LogP contribution >= 0.6 is 0 Å². The molecular weight excluding hydrogens is 342 g/mol. The Kier molecular flexibility index (Phi) is 8.06. The van der Waals surface area contributed by atoms with Crippen molar-refractivity contribution in [3.63, 3.8) is 0 Å². The number of aliphatic hydroxyl groups is 2. The molecule has 0 fully saturated rings. The average Bonchev–Trinajstić information content (AvgIpc) is 2.61. The van der Waals surface area contributed by atoms with E-state index in [-0.39, 0.29) is 6.54 Å². The Labute approximate surface area is 149 Å². The van der Waals surface area contributed by atoms with E-state index in [2.05, 4.69) is 23.5 Å². The molecule has 1 rings (SSSR count). The first-order valence-electron chi connectivity index (χ1n) is 8.05. The third-order valence-corrected chi connectivity index (χ3v) is 5.34. The summed E-state index contributed by atoms with van der Waals surface area (Å²) in [7, 11) is -4.07. The van der Waals surface area contributed by atoms with Crippen LogP contribution in [0, 0.1) is 11.3 Å². The van der Waals surface area contributed by atoms with Gasteiger partial charge in [0.25, 0.3) is 10.0 Å². The number of rotatable bonds is 9. The Bertz CT molecular complexity index is 732. The molecule has 0 aliphatic carbocycles. The number of nitrogens with zero attached hydrogens (tertiary/aromatic N) is 2. The minimum absolute atomic E-state index is 0.319. The number of benzene rings is 1. The topological polar surface area (TPSA) is 114 Å². The molecule has 0 amide bonds. The van der Waals surface area contributed by atoms with Crippen molar-refractivity contribution in [2.75, 3.05) is 31.1 Å². The average molecular weight is 367 g/mol. The van der Waals surface area contributed by atoms with Crippen molar-refractivity contribution in [2.45, 2.75) is 26.9 Å². The molecule has 138 valence electrons. The molecule has 1 atom stereocenters. The number of nitrogens with one attached hydrogen (secondary N) is 1. The first kappa shape index (κ1) is 21.1. The van der Waals surface area contributed by atoms with Crippen molar-refractivity contribution < 1.29 is 18.6 Å². The molecular formula is C17H25N3O4S. The molecule has 0 spiro atoms. The summed E-state index contributed by atoms with van der Waals surface area (Å²) in [5.74, 6) is 0. The van der Waals surface area contributed by atoms with Crippen LogP contribution in [0.2, 0.25) is 0 Å². The van der Waals surface area contributed by atoms with Crippen molar-refractivity contribution in [3.8, 4) is 6.07 Å². The van der Waals surface area contributed by atoms with E-state index in [0.29, 0.717) is 11.1 Å². The summed E-state index contributed by atoms with van der Waals surface area (Å²) in [4.78, 5) is 1.75. The fraction of sp³-hybridized carbons (Fsp3) is 0.471. The van der Waals surface area contributed by atoms with Gasteiger partial charge < -0.3 is 15.1 Å². The molecule has 0 aliphatic heterocycles.